The Balaban J connectivity index is 2.69. The van der Waals surface area contributed by atoms with Crippen molar-refractivity contribution in [2.75, 3.05) is 6.54 Å². The van der Waals surface area contributed by atoms with E-state index in [1.54, 1.807) is 0 Å². The number of hydrogen-bond acceptors (Lipinski definition) is 1. The summed E-state index contributed by atoms with van der Waals surface area (Å²) >= 11 is 0. The molecule has 0 spiro atoms. The summed E-state index contributed by atoms with van der Waals surface area (Å²) in [5, 5.41) is 0. The van der Waals surface area contributed by atoms with Crippen LogP contribution in [-0.4, -0.2) is 23.4 Å². The first-order chi connectivity index (χ1) is 6.81. The zero-order chi connectivity index (χ0) is 11.6. The van der Waals surface area contributed by atoms with Gasteiger partial charge in [0.2, 0.25) is 5.91 Å². The number of hydrogen-bond donors (Lipinski definition) is 0. The molecule has 0 radical (unpaired) electrons. The van der Waals surface area contributed by atoms with Crippen molar-refractivity contribution in [3.05, 3.63) is 0 Å². The molecule has 0 bridgehead atoms. The van der Waals surface area contributed by atoms with Crippen LogP contribution in [0.4, 0.5) is 0 Å². The van der Waals surface area contributed by atoms with Crippen molar-refractivity contribution in [2.45, 2.75) is 59.9 Å². The number of nitrogens with zero attached hydrogens (tertiary/aromatic N) is 1. The van der Waals surface area contributed by atoms with Crippen molar-refractivity contribution in [1.82, 2.24) is 4.90 Å². The van der Waals surface area contributed by atoms with Crippen molar-refractivity contribution in [1.29, 1.82) is 0 Å². The van der Waals surface area contributed by atoms with Crippen molar-refractivity contribution in [3.63, 3.8) is 0 Å². The van der Waals surface area contributed by atoms with Gasteiger partial charge in [-0.15, -0.1) is 0 Å². The number of rotatable bonds is 3. The first-order valence-corrected chi connectivity index (χ1v) is 6.11. The largest absolute Gasteiger partial charge is 0.339 e. The highest BCUT2D eigenvalue weighted by molar-refractivity contribution is 5.78. The van der Waals surface area contributed by atoms with E-state index in [0.29, 0.717) is 23.3 Å². The minimum Gasteiger partial charge on any atom is -0.339 e. The lowest BCUT2D eigenvalue weighted by Crippen LogP contribution is -2.42. The van der Waals surface area contributed by atoms with Gasteiger partial charge in [0, 0.05) is 19.0 Å². The highest BCUT2D eigenvalue weighted by Crippen LogP contribution is 2.29. The molecule has 0 aliphatic carbocycles. The van der Waals surface area contributed by atoms with Crippen LogP contribution >= 0.6 is 0 Å². The zero-order valence-electron chi connectivity index (χ0n) is 10.8. The summed E-state index contributed by atoms with van der Waals surface area (Å²) in [6.07, 6.45) is 2.91. The second-order valence-electron chi connectivity index (χ2n) is 6.27. The maximum atomic E-state index is 11.7. The van der Waals surface area contributed by atoms with Crippen molar-refractivity contribution >= 4 is 5.91 Å². The van der Waals surface area contributed by atoms with Gasteiger partial charge in [-0.2, -0.15) is 0 Å². The SMILES string of the molecule is CC(C)C(CC(C)(C)C)N1CCCC1=O. The average molecular weight is 211 g/mol. The molecule has 2 heteroatoms. The van der Waals surface area contributed by atoms with Gasteiger partial charge < -0.3 is 4.90 Å². The molecule has 1 saturated heterocycles. The zero-order valence-corrected chi connectivity index (χ0v) is 10.8. The molecule has 0 saturated carbocycles. The maximum absolute atomic E-state index is 11.7. The molecule has 0 aromatic carbocycles. The standard InChI is InChI=1S/C13H25NO/c1-10(2)11(9-13(3,4)5)14-8-6-7-12(14)15/h10-11H,6-9H2,1-5H3. The monoisotopic (exact) mass is 211 g/mol. The Kier molecular flexibility index (Phi) is 3.80. The summed E-state index contributed by atoms with van der Waals surface area (Å²) in [6, 6.07) is 0.431. The van der Waals surface area contributed by atoms with E-state index in [1.165, 1.54) is 0 Å². The molecule has 15 heavy (non-hydrogen) atoms. The Morgan fingerprint density at radius 3 is 2.27 bits per heavy atom. The van der Waals surface area contributed by atoms with E-state index in [4.69, 9.17) is 0 Å². The van der Waals surface area contributed by atoms with Crippen LogP contribution in [0.25, 0.3) is 0 Å². The molecule has 1 atom stereocenters. The van der Waals surface area contributed by atoms with E-state index in [1.807, 2.05) is 0 Å². The van der Waals surface area contributed by atoms with Crippen LogP contribution in [0.2, 0.25) is 0 Å². The Labute approximate surface area is 94.0 Å². The quantitative estimate of drug-likeness (QED) is 0.702. The van der Waals surface area contributed by atoms with Crippen LogP contribution in [0.15, 0.2) is 0 Å². The van der Waals surface area contributed by atoms with Crippen molar-refractivity contribution in [3.8, 4) is 0 Å². The molecule has 1 unspecified atom stereocenters. The molecule has 1 amide bonds. The van der Waals surface area contributed by atoms with Crippen LogP contribution < -0.4 is 0 Å². The number of likely N-dealkylation sites (tertiary alicyclic amines) is 1. The lowest BCUT2D eigenvalue weighted by Gasteiger charge is -2.35. The van der Waals surface area contributed by atoms with Gasteiger partial charge >= 0.3 is 0 Å². The lowest BCUT2D eigenvalue weighted by atomic mass is 9.83. The predicted octanol–water partition coefficient (Wildman–Crippen LogP) is 3.07. The number of amides is 1. The summed E-state index contributed by atoms with van der Waals surface area (Å²) in [5.41, 5.74) is 0.303. The van der Waals surface area contributed by atoms with E-state index in [9.17, 15) is 4.79 Å². The Morgan fingerprint density at radius 2 is 1.93 bits per heavy atom. The normalized spacial score (nSPS) is 20.1. The Bertz CT molecular complexity index is 227. The minimum atomic E-state index is 0.303. The maximum Gasteiger partial charge on any atom is 0.222 e. The van der Waals surface area contributed by atoms with E-state index < -0.39 is 0 Å². The summed E-state index contributed by atoms with van der Waals surface area (Å²) in [7, 11) is 0. The number of carbonyl (C=O) groups excluding carboxylic acids is 1. The third-order valence-corrected chi connectivity index (χ3v) is 3.10. The second kappa shape index (κ2) is 4.54. The first kappa shape index (κ1) is 12.5. The fraction of sp³-hybridized carbons (Fsp3) is 0.923. The van der Waals surface area contributed by atoms with Gasteiger partial charge in [-0.1, -0.05) is 34.6 Å². The smallest absolute Gasteiger partial charge is 0.222 e. The van der Waals surface area contributed by atoms with Crippen LogP contribution in [0, 0.1) is 11.3 Å². The summed E-state index contributed by atoms with van der Waals surface area (Å²) < 4.78 is 0. The van der Waals surface area contributed by atoms with Crippen LogP contribution in [0.1, 0.15) is 53.9 Å². The Morgan fingerprint density at radius 1 is 1.33 bits per heavy atom. The molecular weight excluding hydrogens is 186 g/mol. The van der Waals surface area contributed by atoms with Gasteiger partial charge in [-0.05, 0) is 24.2 Å². The van der Waals surface area contributed by atoms with Crippen molar-refractivity contribution in [2.24, 2.45) is 11.3 Å². The summed E-state index contributed by atoms with van der Waals surface area (Å²) in [4.78, 5) is 13.8. The van der Waals surface area contributed by atoms with E-state index >= 15 is 0 Å². The highest BCUT2D eigenvalue weighted by Gasteiger charge is 2.32. The minimum absolute atomic E-state index is 0.303. The summed E-state index contributed by atoms with van der Waals surface area (Å²) in [6.45, 7) is 12.2. The molecule has 1 aliphatic rings. The first-order valence-electron chi connectivity index (χ1n) is 6.11. The fourth-order valence-electron chi connectivity index (χ4n) is 2.35. The van der Waals surface area contributed by atoms with Crippen molar-refractivity contribution < 1.29 is 4.79 Å². The lowest BCUT2D eigenvalue weighted by molar-refractivity contribution is -0.131. The third kappa shape index (κ3) is 3.51. The Hall–Kier alpha value is -0.530. The molecule has 0 aromatic heterocycles. The molecule has 88 valence electrons. The van der Waals surface area contributed by atoms with Crippen LogP contribution in [0.3, 0.4) is 0 Å². The molecule has 1 fully saturated rings. The molecule has 0 aromatic rings. The van der Waals surface area contributed by atoms with Gasteiger partial charge in [0.05, 0.1) is 0 Å². The fourth-order valence-corrected chi connectivity index (χ4v) is 2.35. The second-order valence-corrected chi connectivity index (χ2v) is 6.27. The summed E-state index contributed by atoms with van der Waals surface area (Å²) in [5.74, 6) is 0.921. The molecule has 0 N–H and O–H groups in total. The van der Waals surface area contributed by atoms with E-state index in [-0.39, 0.29) is 0 Å². The molecule has 1 heterocycles. The molecule has 1 rings (SSSR count). The highest BCUT2D eigenvalue weighted by atomic mass is 16.2. The van der Waals surface area contributed by atoms with Gasteiger partial charge in [0.1, 0.15) is 0 Å². The average Bonchev–Trinajstić information content (AvgIpc) is 2.45. The van der Waals surface area contributed by atoms with E-state index in [0.717, 1.165) is 25.8 Å². The van der Waals surface area contributed by atoms with E-state index in [2.05, 4.69) is 39.5 Å². The van der Waals surface area contributed by atoms with Crippen LogP contribution in [0.5, 0.6) is 0 Å². The topological polar surface area (TPSA) is 20.3 Å². The van der Waals surface area contributed by atoms with Gasteiger partial charge in [-0.3, -0.25) is 4.79 Å². The molecule has 1 aliphatic heterocycles. The van der Waals surface area contributed by atoms with Gasteiger partial charge in [0.25, 0.3) is 0 Å². The number of carbonyl (C=O) groups is 1. The molecule has 2 nitrogen and oxygen atoms in total. The predicted molar refractivity (Wildman–Crippen MR) is 63.6 cm³/mol. The van der Waals surface area contributed by atoms with Gasteiger partial charge in [-0.25, -0.2) is 0 Å². The molecular formula is C13H25NO. The third-order valence-electron chi connectivity index (χ3n) is 3.10. The van der Waals surface area contributed by atoms with Crippen LogP contribution in [-0.2, 0) is 4.79 Å². The van der Waals surface area contributed by atoms with Gasteiger partial charge in [0.15, 0.2) is 0 Å².